The molecular formula is C30H46N4O6. The molecule has 2 rings (SSSR count). The number of esters is 1. The lowest BCUT2D eigenvalue weighted by Gasteiger charge is -2.36. The van der Waals surface area contributed by atoms with Gasteiger partial charge in [-0.3, -0.25) is 19.4 Å². The molecule has 10 heteroatoms. The SMILES string of the molecule is C=CC[C@@H](C)OC(=O)[C@@H]1CCCN(C(=O)[C@H](Cc2cccc(C)c2)NC(=O)[C@@H](NC(=O)OC(C)(C)C)C(C)C)N1. The van der Waals surface area contributed by atoms with Crippen LogP contribution in [0.3, 0.4) is 0 Å². The summed E-state index contributed by atoms with van der Waals surface area (Å²) in [5.74, 6) is -1.59. The van der Waals surface area contributed by atoms with E-state index in [1.54, 1.807) is 47.6 Å². The van der Waals surface area contributed by atoms with Gasteiger partial charge in [0.05, 0.1) is 0 Å². The number of alkyl carbamates (subject to hydrolysis) is 1. The molecule has 1 saturated heterocycles. The van der Waals surface area contributed by atoms with E-state index in [0.29, 0.717) is 25.8 Å². The van der Waals surface area contributed by atoms with Crippen LogP contribution in [0.5, 0.6) is 0 Å². The normalized spacial score (nSPS) is 17.8. The molecule has 40 heavy (non-hydrogen) atoms. The van der Waals surface area contributed by atoms with Crippen LogP contribution in [0, 0.1) is 12.8 Å². The van der Waals surface area contributed by atoms with Gasteiger partial charge in [0.15, 0.2) is 0 Å². The van der Waals surface area contributed by atoms with E-state index in [1.807, 2.05) is 31.2 Å². The maximum atomic E-state index is 13.8. The first kappa shape index (κ1) is 32.8. The Kier molecular flexibility index (Phi) is 12.2. The summed E-state index contributed by atoms with van der Waals surface area (Å²) >= 11 is 0. The maximum absolute atomic E-state index is 13.8. The first-order valence-corrected chi connectivity index (χ1v) is 13.9. The number of hydrogen-bond acceptors (Lipinski definition) is 7. The van der Waals surface area contributed by atoms with Crippen LogP contribution < -0.4 is 16.1 Å². The Morgan fingerprint density at radius 1 is 1.18 bits per heavy atom. The van der Waals surface area contributed by atoms with Crippen molar-refractivity contribution in [3.05, 3.63) is 48.0 Å². The van der Waals surface area contributed by atoms with Gasteiger partial charge < -0.3 is 20.1 Å². The minimum atomic E-state index is -0.946. The van der Waals surface area contributed by atoms with Gasteiger partial charge in [-0.05, 0) is 58.9 Å². The van der Waals surface area contributed by atoms with Gasteiger partial charge in [0.1, 0.15) is 29.8 Å². The van der Waals surface area contributed by atoms with Crippen LogP contribution in [0.15, 0.2) is 36.9 Å². The summed E-state index contributed by atoms with van der Waals surface area (Å²) in [5, 5.41) is 6.88. The monoisotopic (exact) mass is 558 g/mol. The molecule has 0 spiro atoms. The maximum Gasteiger partial charge on any atom is 0.408 e. The Labute approximate surface area is 238 Å². The lowest BCUT2D eigenvalue weighted by Crippen LogP contribution is -2.62. The molecule has 0 bridgehead atoms. The number of nitrogens with zero attached hydrogens (tertiary/aromatic N) is 1. The summed E-state index contributed by atoms with van der Waals surface area (Å²) < 4.78 is 10.8. The molecule has 1 aromatic rings. The van der Waals surface area contributed by atoms with Crippen molar-refractivity contribution < 1.29 is 28.7 Å². The second kappa shape index (κ2) is 14.8. The molecule has 3 N–H and O–H groups in total. The highest BCUT2D eigenvalue weighted by atomic mass is 16.6. The fourth-order valence-electron chi connectivity index (χ4n) is 4.37. The van der Waals surface area contributed by atoms with Crippen LogP contribution in [-0.4, -0.2) is 65.3 Å². The standard InChI is InChI=1S/C30H46N4O6/c1-9-12-21(5)39-28(37)23-15-11-16-34(33-23)27(36)24(18-22-14-10-13-20(4)17-22)31-26(35)25(19(2)3)32-29(38)40-30(6,7)8/h9-10,13-14,17,19,21,23-25,33H,1,11-12,15-16,18H2,2-8H3,(H,31,35)(H,32,38)/t21-,23+,24+,25+/m1/s1. The minimum Gasteiger partial charge on any atom is -0.461 e. The van der Waals surface area contributed by atoms with Gasteiger partial charge in [-0.15, -0.1) is 6.58 Å². The van der Waals surface area contributed by atoms with E-state index in [0.717, 1.165) is 11.1 Å². The largest absolute Gasteiger partial charge is 0.461 e. The summed E-state index contributed by atoms with van der Waals surface area (Å²) in [6, 6.07) is 5.14. The zero-order valence-corrected chi connectivity index (χ0v) is 24.9. The van der Waals surface area contributed by atoms with Crippen LogP contribution in [0.2, 0.25) is 0 Å². The van der Waals surface area contributed by atoms with Gasteiger partial charge in [0.25, 0.3) is 5.91 Å². The third kappa shape index (κ3) is 10.6. The summed E-state index contributed by atoms with van der Waals surface area (Å²) in [6.45, 7) is 16.6. The number of carbonyl (C=O) groups excluding carboxylic acids is 4. The minimum absolute atomic E-state index is 0.229. The van der Waals surface area contributed by atoms with Crippen LogP contribution >= 0.6 is 0 Å². The highest BCUT2D eigenvalue weighted by Crippen LogP contribution is 2.15. The molecule has 0 aromatic heterocycles. The Morgan fingerprint density at radius 2 is 1.88 bits per heavy atom. The molecule has 1 heterocycles. The number of rotatable bonds is 11. The van der Waals surface area contributed by atoms with Crippen molar-refractivity contribution in [2.75, 3.05) is 6.54 Å². The van der Waals surface area contributed by atoms with E-state index in [1.165, 1.54) is 5.01 Å². The summed E-state index contributed by atoms with van der Waals surface area (Å²) in [7, 11) is 0. The molecule has 0 saturated carbocycles. The van der Waals surface area contributed by atoms with Gasteiger partial charge in [0, 0.05) is 19.4 Å². The number of amides is 3. The van der Waals surface area contributed by atoms with Crippen molar-refractivity contribution in [3.63, 3.8) is 0 Å². The first-order valence-electron chi connectivity index (χ1n) is 13.9. The summed E-state index contributed by atoms with van der Waals surface area (Å²) in [4.78, 5) is 52.4. The number of hydrazine groups is 1. The number of nitrogens with one attached hydrogen (secondary N) is 3. The number of carbonyl (C=O) groups is 4. The van der Waals surface area contributed by atoms with Crippen LogP contribution in [-0.2, 0) is 30.3 Å². The predicted molar refractivity (Wildman–Crippen MR) is 153 cm³/mol. The van der Waals surface area contributed by atoms with E-state index in [2.05, 4.69) is 22.6 Å². The van der Waals surface area contributed by atoms with Gasteiger partial charge >= 0.3 is 12.1 Å². The third-order valence-electron chi connectivity index (χ3n) is 6.31. The van der Waals surface area contributed by atoms with Gasteiger partial charge in [-0.2, -0.15) is 0 Å². The van der Waals surface area contributed by atoms with Crippen molar-refractivity contribution in [2.45, 2.75) is 104 Å². The van der Waals surface area contributed by atoms with Crippen molar-refractivity contribution in [2.24, 2.45) is 5.92 Å². The van der Waals surface area contributed by atoms with Gasteiger partial charge in [-0.1, -0.05) is 49.8 Å². The van der Waals surface area contributed by atoms with E-state index in [-0.39, 0.29) is 24.3 Å². The molecule has 222 valence electrons. The molecule has 1 fully saturated rings. The molecule has 3 amide bonds. The fourth-order valence-corrected chi connectivity index (χ4v) is 4.37. The number of benzene rings is 1. The summed E-state index contributed by atoms with van der Waals surface area (Å²) in [5.41, 5.74) is 4.16. The zero-order chi connectivity index (χ0) is 30.0. The van der Waals surface area contributed by atoms with Crippen LogP contribution in [0.1, 0.15) is 71.9 Å². The second-order valence-electron chi connectivity index (χ2n) is 11.7. The van der Waals surface area contributed by atoms with E-state index >= 15 is 0 Å². The molecular weight excluding hydrogens is 512 g/mol. The van der Waals surface area contributed by atoms with Gasteiger partial charge in [-0.25, -0.2) is 10.2 Å². The lowest BCUT2D eigenvalue weighted by atomic mass is 10.00. The topological polar surface area (TPSA) is 126 Å². The molecule has 0 unspecified atom stereocenters. The molecule has 0 aliphatic carbocycles. The highest BCUT2D eigenvalue weighted by molar-refractivity contribution is 5.91. The lowest BCUT2D eigenvalue weighted by molar-refractivity contribution is -0.156. The number of ether oxygens (including phenoxy) is 2. The zero-order valence-electron chi connectivity index (χ0n) is 24.9. The first-order chi connectivity index (χ1) is 18.7. The molecule has 1 aliphatic heterocycles. The molecule has 1 aliphatic rings. The van der Waals surface area contributed by atoms with E-state index in [9.17, 15) is 19.2 Å². The highest BCUT2D eigenvalue weighted by Gasteiger charge is 2.35. The third-order valence-corrected chi connectivity index (χ3v) is 6.31. The van der Waals surface area contributed by atoms with Crippen molar-refractivity contribution in [1.82, 2.24) is 21.1 Å². The fraction of sp³-hybridized carbons (Fsp3) is 0.600. The van der Waals surface area contributed by atoms with Crippen molar-refractivity contribution >= 4 is 23.9 Å². The summed E-state index contributed by atoms with van der Waals surface area (Å²) in [6.07, 6.45) is 2.52. The Bertz CT molecular complexity index is 1050. The average molecular weight is 559 g/mol. The Balaban J connectivity index is 2.23. The number of aryl methyl sites for hydroxylation is 1. The second-order valence-corrected chi connectivity index (χ2v) is 11.7. The smallest absolute Gasteiger partial charge is 0.408 e. The van der Waals surface area contributed by atoms with Gasteiger partial charge in [0.2, 0.25) is 5.91 Å². The van der Waals surface area contributed by atoms with E-state index in [4.69, 9.17) is 9.47 Å². The molecule has 0 radical (unpaired) electrons. The van der Waals surface area contributed by atoms with Crippen LogP contribution in [0.4, 0.5) is 4.79 Å². The van der Waals surface area contributed by atoms with Crippen molar-refractivity contribution in [1.29, 1.82) is 0 Å². The number of hydrogen-bond donors (Lipinski definition) is 3. The predicted octanol–water partition coefficient (Wildman–Crippen LogP) is 3.58. The quantitative estimate of drug-likeness (QED) is 0.280. The average Bonchev–Trinajstić information content (AvgIpc) is 2.85. The Hall–Kier alpha value is -3.40. The molecule has 10 nitrogen and oxygen atoms in total. The van der Waals surface area contributed by atoms with E-state index < -0.39 is 41.7 Å². The van der Waals surface area contributed by atoms with Crippen molar-refractivity contribution in [3.8, 4) is 0 Å². The molecule has 4 atom stereocenters. The Morgan fingerprint density at radius 3 is 2.48 bits per heavy atom. The van der Waals surface area contributed by atoms with Crippen LogP contribution in [0.25, 0.3) is 0 Å². The molecule has 1 aromatic carbocycles.